The summed E-state index contributed by atoms with van der Waals surface area (Å²) in [5.41, 5.74) is 6.85. The van der Waals surface area contributed by atoms with Crippen molar-refractivity contribution in [2.45, 2.75) is 13.5 Å². The number of hydrogen-bond donors (Lipinski definition) is 1. The molecule has 0 atom stereocenters. The Kier molecular flexibility index (Phi) is 4.46. The van der Waals surface area contributed by atoms with Gasteiger partial charge in [-0.2, -0.15) is 5.10 Å². The summed E-state index contributed by atoms with van der Waals surface area (Å²) in [6.07, 6.45) is 3.63. The van der Waals surface area contributed by atoms with E-state index in [0.717, 1.165) is 17.2 Å². The molecule has 2 heterocycles. The molecule has 8 heteroatoms. The normalized spacial score (nSPS) is 10.7. The van der Waals surface area contributed by atoms with Crippen LogP contribution in [0.3, 0.4) is 0 Å². The van der Waals surface area contributed by atoms with Crippen LogP contribution in [0.2, 0.25) is 0 Å². The second-order valence-corrected chi connectivity index (χ2v) is 5.89. The first-order valence-electron chi connectivity index (χ1n) is 6.62. The molecule has 2 aromatic rings. The number of aryl methyl sites for hydroxylation is 1. The molecule has 2 N–H and O–H groups in total. The second kappa shape index (κ2) is 6.13. The first-order valence-corrected chi connectivity index (χ1v) is 7.44. The molecule has 0 saturated carbocycles. The van der Waals surface area contributed by atoms with Crippen LogP contribution in [0.25, 0.3) is 0 Å². The largest absolute Gasteiger partial charge is 0.382 e. The fraction of sp³-hybridized carbons (Fsp3) is 0.462. The van der Waals surface area contributed by atoms with Crippen molar-refractivity contribution in [1.29, 1.82) is 0 Å². The lowest BCUT2D eigenvalue weighted by Crippen LogP contribution is -2.26. The Balaban J connectivity index is 2.13. The molecule has 1 amide bonds. The van der Waals surface area contributed by atoms with Gasteiger partial charge in [-0.05, 0) is 6.92 Å². The number of nitrogen functional groups attached to an aromatic ring is 1. The number of anilines is 2. The van der Waals surface area contributed by atoms with Crippen LogP contribution in [0, 0.1) is 0 Å². The van der Waals surface area contributed by atoms with E-state index in [-0.39, 0.29) is 5.91 Å². The van der Waals surface area contributed by atoms with Gasteiger partial charge in [-0.1, -0.05) is 11.3 Å². The standard InChI is InChI=1S/C13H20N6OS/c1-5-17(2)13-16-11(14)10(21-13)12(20)18(3)7-9-6-15-19(4)8-9/h6,8H,5,7,14H2,1-4H3. The predicted octanol–water partition coefficient (Wildman–Crippen LogP) is 1.19. The fourth-order valence-electron chi connectivity index (χ4n) is 1.84. The minimum absolute atomic E-state index is 0.121. The summed E-state index contributed by atoms with van der Waals surface area (Å²) in [6.45, 7) is 3.32. The van der Waals surface area contributed by atoms with Gasteiger partial charge in [0.05, 0.1) is 6.20 Å². The summed E-state index contributed by atoms with van der Waals surface area (Å²) in [4.78, 5) is 20.8. The molecule has 0 aliphatic carbocycles. The maximum absolute atomic E-state index is 12.5. The van der Waals surface area contributed by atoms with Crippen LogP contribution in [0.15, 0.2) is 12.4 Å². The lowest BCUT2D eigenvalue weighted by molar-refractivity contribution is 0.0790. The number of rotatable bonds is 5. The number of thiazole rings is 1. The van der Waals surface area contributed by atoms with Crippen molar-refractivity contribution in [2.75, 3.05) is 31.3 Å². The number of aromatic nitrogens is 3. The zero-order valence-corrected chi connectivity index (χ0v) is 13.5. The molecule has 0 radical (unpaired) electrons. The van der Waals surface area contributed by atoms with E-state index in [1.807, 2.05) is 32.1 Å². The number of nitrogens with two attached hydrogens (primary N) is 1. The van der Waals surface area contributed by atoms with Gasteiger partial charge in [-0.3, -0.25) is 9.48 Å². The number of amides is 1. The molecule has 0 saturated heterocycles. The smallest absolute Gasteiger partial charge is 0.267 e. The van der Waals surface area contributed by atoms with E-state index < -0.39 is 0 Å². The van der Waals surface area contributed by atoms with E-state index in [0.29, 0.717) is 17.2 Å². The van der Waals surface area contributed by atoms with E-state index in [4.69, 9.17) is 5.73 Å². The molecule has 0 spiro atoms. The molecule has 0 unspecified atom stereocenters. The summed E-state index contributed by atoms with van der Waals surface area (Å²) in [5, 5.41) is 4.85. The molecule has 21 heavy (non-hydrogen) atoms. The van der Waals surface area contributed by atoms with Crippen molar-refractivity contribution in [3.63, 3.8) is 0 Å². The van der Waals surface area contributed by atoms with Crippen LogP contribution in [-0.4, -0.2) is 46.2 Å². The molecular formula is C13H20N6OS. The highest BCUT2D eigenvalue weighted by Gasteiger charge is 2.21. The number of hydrogen-bond acceptors (Lipinski definition) is 6. The van der Waals surface area contributed by atoms with Crippen LogP contribution >= 0.6 is 11.3 Å². The minimum Gasteiger partial charge on any atom is -0.382 e. The number of carbonyl (C=O) groups excluding carboxylic acids is 1. The average molecular weight is 308 g/mol. The quantitative estimate of drug-likeness (QED) is 0.897. The Hall–Kier alpha value is -2.09. The average Bonchev–Trinajstić information content (AvgIpc) is 3.03. The third-order valence-corrected chi connectivity index (χ3v) is 4.34. The Labute approximate surface area is 128 Å². The lowest BCUT2D eigenvalue weighted by atomic mass is 10.3. The zero-order valence-electron chi connectivity index (χ0n) is 12.7. The molecular weight excluding hydrogens is 288 g/mol. The van der Waals surface area contributed by atoms with Crippen molar-refractivity contribution in [3.8, 4) is 0 Å². The highest BCUT2D eigenvalue weighted by atomic mass is 32.1. The summed E-state index contributed by atoms with van der Waals surface area (Å²) < 4.78 is 1.71. The van der Waals surface area contributed by atoms with Crippen molar-refractivity contribution in [1.82, 2.24) is 19.7 Å². The molecule has 2 rings (SSSR count). The number of nitrogens with zero attached hydrogens (tertiary/aromatic N) is 5. The molecule has 0 aliphatic rings. The van der Waals surface area contributed by atoms with Crippen molar-refractivity contribution >= 4 is 28.2 Å². The summed E-state index contributed by atoms with van der Waals surface area (Å²) >= 11 is 1.32. The molecule has 0 aromatic carbocycles. The summed E-state index contributed by atoms with van der Waals surface area (Å²) in [5.74, 6) is 0.169. The highest BCUT2D eigenvalue weighted by molar-refractivity contribution is 7.18. The molecule has 114 valence electrons. The molecule has 7 nitrogen and oxygen atoms in total. The van der Waals surface area contributed by atoms with Crippen molar-refractivity contribution in [2.24, 2.45) is 7.05 Å². The van der Waals surface area contributed by atoms with Gasteiger partial charge in [-0.25, -0.2) is 4.98 Å². The molecule has 0 aliphatic heterocycles. The van der Waals surface area contributed by atoms with Gasteiger partial charge in [0.2, 0.25) is 0 Å². The minimum atomic E-state index is -0.121. The Bertz CT molecular complexity index is 634. The van der Waals surface area contributed by atoms with Gasteiger partial charge in [0.15, 0.2) is 5.13 Å². The third kappa shape index (κ3) is 3.33. The maximum Gasteiger partial charge on any atom is 0.267 e. The molecule has 0 bridgehead atoms. The van der Waals surface area contributed by atoms with E-state index in [2.05, 4.69) is 10.1 Å². The van der Waals surface area contributed by atoms with Crippen LogP contribution in [0.1, 0.15) is 22.2 Å². The summed E-state index contributed by atoms with van der Waals surface area (Å²) in [7, 11) is 5.52. The van der Waals surface area contributed by atoms with Crippen LogP contribution in [-0.2, 0) is 13.6 Å². The monoisotopic (exact) mass is 308 g/mol. The SMILES string of the molecule is CCN(C)c1nc(N)c(C(=O)N(C)Cc2cnn(C)c2)s1. The van der Waals surface area contributed by atoms with Gasteiger partial charge >= 0.3 is 0 Å². The Morgan fingerprint density at radius 2 is 2.19 bits per heavy atom. The lowest BCUT2D eigenvalue weighted by Gasteiger charge is -2.15. The van der Waals surface area contributed by atoms with E-state index >= 15 is 0 Å². The number of carbonyl (C=O) groups is 1. The van der Waals surface area contributed by atoms with Gasteiger partial charge < -0.3 is 15.5 Å². The van der Waals surface area contributed by atoms with Gasteiger partial charge in [0.25, 0.3) is 5.91 Å². The van der Waals surface area contributed by atoms with E-state index in [1.165, 1.54) is 11.3 Å². The fourth-order valence-corrected chi connectivity index (χ4v) is 2.85. The molecule has 0 fully saturated rings. The highest BCUT2D eigenvalue weighted by Crippen LogP contribution is 2.28. The van der Waals surface area contributed by atoms with Crippen molar-refractivity contribution in [3.05, 3.63) is 22.8 Å². The van der Waals surface area contributed by atoms with E-state index in [9.17, 15) is 4.79 Å². The second-order valence-electron chi connectivity index (χ2n) is 4.91. The maximum atomic E-state index is 12.5. The van der Waals surface area contributed by atoms with Crippen LogP contribution < -0.4 is 10.6 Å². The topological polar surface area (TPSA) is 80.3 Å². The first-order chi connectivity index (χ1) is 9.92. The van der Waals surface area contributed by atoms with Gasteiger partial charge in [-0.15, -0.1) is 0 Å². The Morgan fingerprint density at radius 3 is 2.76 bits per heavy atom. The van der Waals surface area contributed by atoms with Gasteiger partial charge in [0.1, 0.15) is 10.7 Å². The molecule has 2 aromatic heterocycles. The van der Waals surface area contributed by atoms with Crippen LogP contribution in [0.5, 0.6) is 0 Å². The first kappa shape index (κ1) is 15.3. The third-order valence-electron chi connectivity index (χ3n) is 3.16. The summed E-state index contributed by atoms with van der Waals surface area (Å²) in [6, 6.07) is 0. The Morgan fingerprint density at radius 1 is 1.48 bits per heavy atom. The van der Waals surface area contributed by atoms with Crippen LogP contribution in [0.4, 0.5) is 10.9 Å². The zero-order chi connectivity index (χ0) is 15.6. The van der Waals surface area contributed by atoms with Gasteiger partial charge in [0, 0.05) is 46.0 Å². The predicted molar refractivity (Wildman–Crippen MR) is 84.5 cm³/mol. The van der Waals surface area contributed by atoms with Crippen molar-refractivity contribution < 1.29 is 4.79 Å². The van der Waals surface area contributed by atoms with E-state index in [1.54, 1.807) is 22.8 Å².